The number of piperidine rings is 1. The second kappa shape index (κ2) is 7.44. The van der Waals surface area contributed by atoms with Crippen molar-refractivity contribution in [3.05, 3.63) is 28.5 Å². The molecule has 86 valence electrons. The van der Waals surface area contributed by atoms with Gasteiger partial charge < -0.3 is 5.32 Å². The number of aromatic nitrogens is 1. The predicted octanol–water partition coefficient (Wildman–Crippen LogP) is 3.50. The van der Waals surface area contributed by atoms with E-state index in [1.54, 1.807) is 0 Å². The largest absolute Gasteiger partial charge is 0.309 e. The normalized spacial score (nSPS) is 19.9. The van der Waals surface area contributed by atoms with E-state index in [4.69, 9.17) is 0 Å². The maximum absolute atomic E-state index is 4.39. The van der Waals surface area contributed by atoms with E-state index < -0.39 is 0 Å². The molecule has 15 heavy (non-hydrogen) atoms. The molecule has 1 fully saturated rings. The van der Waals surface area contributed by atoms with E-state index in [0.717, 1.165) is 11.0 Å². The molecule has 0 radical (unpaired) electrons. The number of nitrogens with one attached hydrogen (secondary N) is 1. The standard InChI is InChI=1S/C10H13BrN2.2ClH/c11-8-4-5-10(13-7-8)9-3-1-2-6-12-9;;/h4-5,7,9,12H,1-3,6H2;2*1H. The SMILES string of the molecule is Brc1ccc(C2CCCCN2)nc1.Cl.Cl. The molecule has 1 aliphatic heterocycles. The van der Waals surface area contributed by atoms with Gasteiger partial charge in [-0.25, -0.2) is 0 Å². The van der Waals surface area contributed by atoms with E-state index in [1.807, 2.05) is 6.20 Å². The summed E-state index contributed by atoms with van der Waals surface area (Å²) in [6, 6.07) is 4.62. The van der Waals surface area contributed by atoms with Crippen LogP contribution in [-0.2, 0) is 0 Å². The fourth-order valence-corrected chi connectivity index (χ4v) is 1.93. The summed E-state index contributed by atoms with van der Waals surface area (Å²) in [5, 5.41) is 3.48. The molecule has 1 unspecified atom stereocenters. The zero-order chi connectivity index (χ0) is 9.10. The Labute approximate surface area is 111 Å². The molecule has 0 saturated carbocycles. The van der Waals surface area contributed by atoms with E-state index in [-0.39, 0.29) is 24.8 Å². The third kappa shape index (κ3) is 4.27. The lowest BCUT2D eigenvalue weighted by Crippen LogP contribution is -2.27. The molecule has 0 aromatic carbocycles. The van der Waals surface area contributed by atoms with Gasteiger partial charge in [0.25, 0.3) is 0 Å². The molecule has 0 spiro atoms. The predicted molar refractivity (Wildman–Crippen MR) is 71.0 cm³/mol. The van der Waals surface area contributed by atoms with Crippen LogP contribution >= 0.6 is 40.7 Å². The third-order valence-corrected chi connectivity index (χ3v) is 2.89. The average molecular weight is 314 g/mol. The summed E-state index contributed by atoms with van der Waals surface area (Å²) in [6.45, 7) is 1.13. The van der Waals surface area contributed by atoms with Crippen molar-refractivity contribution >= 4 is 40.7 Å². The van der Waals surface area contributed by atoms with Crippen LogP contribution in [0.15, 0.2) is 22.8 Å². The fraction of sp³-hybridized carbons (Fsp3) is 0.500. The van der Waals surface area contributed by atoms with Gasteiger partial charge in [0.1, 0.15) is 0 Å². The van der Waals surface area contributed by atoms with Gasteiger partial charge in [-0.05, 0) is 47.4 Å². The number of hydrogen-bond acceptors (Lipinski definition) is 2. The van der Waals surface area contributed by atoms with E-state index >= 15 is 0 Å². The van der Waals surface area contributed by atoms with E-state index in [1.165, 1.54) is 25.0 Å². The maximum Gasteiger partial charge on any atom is 0.0574 e. The van der Waals surface area contributed by atoms with Crippen LogP contribution in [0.3, 0.4) is 0 Å². The molecule has 1 saturated heterocycles. The topological polar surface area (TPSA) is 24.9 Å². The Morgan fingerprint density at radius 2 is 2.07 bits per heavy atom. The Balaban J connectivity index is 0.000000980. The first-order chi connectivity index (χ1) is 6.36. The molecule has 2 heterocycles. The van der Waals surface area contributed by atoms with Gasteiger partial charge in [-0.2, -0.15) is 0 Å². The molecule has 5 heteroatoms. The number of halogens is 3. The Kier molecular flexibility index (Phi) is 7.53. The van der Waals surface area contributed by atoms with Crippen LogP contribution in [0.1, 0.15) is 31.0 Å². The van der Waals surface area contributed by atoms with Gasteiger partial charge in [0, 0.05) is 16.7 Å². The van der Waals surface area contributed by atoms with Crippen LogP contribution in [-0.4, -0.2) is 11.5 Å². The highest BCUT2D eigenvalue weighted by atomic mass is 79.9. The summed E-state index contributed by atoms with van der Waals surface area (Å²) in [7, 11) is 0. The molecule has 0 bridgehead atoms. The van der Waals surface area contributed by atoms with Gasteiger partial charge in [-0.1, -0.05) is 6.42 Å². The molecule has 0 aliphatic carbocycles. The molecule has 1 aromatic heterocycles. The minimum atomic E-state index is 0. The smallest absolute Gasteiger partial charge is 0.0574 e. The van der Waals surface area contributed by atoms with Crippen LogP contribution in [0.5, 0.6) is 0 Å². The van der Waals surface area contributed by atoms with Crippen molar-refractivity contribution in [3.8, 4) is 0 Å². The van der Waals surface area contributed by atoms with Crippen molar-refractivity contribution in [2.45, 2.75) is 25.3 Å². The molecule has 1 aliphatic rings. The number of pyridine rings is 1. The van der Waals surface area contributed by atoms with Crippen LogP contribution in [0, 0.1) is 0 Å². The quantitative estimate of drug-likeness (QED) is 0.858. The van der Waals surface area contributed by atoms with Crippen LogP contribution in [0.2, 0.25) is 0 Å². The molecule has 1 aromatic rings. The van der Waals surface area contributed by atoms with Crippen LogP contribution in [0.4, 0.5) is 0 Å². The molecule has 2 rings (SSSR count). The lowest BCUT2D eigenvalue weighted by atomic mass is 10.0. The molecular formula is C10H15BrCl2N2. The van der Waals surface area contributed by atoms with Gasteiger partial charge in [0.15, 0.2) is 0 Å². The van der Waals surface area contributed by atoms with Gasteiger partial charge in [-0.15, -0.1) is 24.8 Å². The Bertz CT molecular complexity index is 273. The minimum absolute atomic E-state index is 0. The van der Waals surface area contributed by atoms with Gasteiger partial charge in [-0.3, -0.25) is 4.98 Å². The highest BCUT2D eigenvalue weighted by Gasteiger charge is 2.14. The van der Waals surface area contributed by atoms with Crippen LogP contribution in [0.25, 0.3) is 0 Å². The number of nitrogens with zero attached hydrogens (tertiary/aromatic N) is 1. The molecular weight excluding hydrogens is 299 g/mol. The summed E-state index contributed by atoms with van der Waals surface area (Å²) in [5.74, 6) is 0. The zero-order valence-corrected chi connectivity index (χ0v) is 11.5. The maximum atomic E-state index is 4.39. The highest BCUT2D eigenvalue weighted by Crippen LogP contribution is 2.21. The van der Waals surface area contributed by atoms with Gasteiger partial charge in [0.2, 0.25) is 0 Å². The third-order valence-electron chi connectivity index (χ3n) is 2.42. The Morgan fingerprint density at radius 3 is 2.60 bits per heavy atom. The first-order valence-electron chi connectivity index (χ1n) is 4.71. The first kappa shape index (κ1) is 15.2. The summed E-state index contributed by atoms with van der Waals surface area (Å²) < 4.78 is 1.05. The fourth-order valence-electron chi connectivity index (χ4n) is 1.70. The van der Waals surface area contributed by atoms with Crippen molar-refractivity contribution in [2.75, 3.05) is 6.54 Å². The zero-order valence-electron chi connectivity index (χ0n) is 8.28. The summed E-state index contributed by atoms with van der Waals surface area (Å²) in [6.07, 6.45) is 5.70. The molecule has 2 nitrogen and oxygen atoms in total. The molecule has 1 N–H and O–H groups in total. The highest BCUT2D eigenvalue weighted by molar-refractivity contribution is 9.10. The lowest BCUT2D eigenvalue weighted by molar-refractivity contribution is 0.405. The minimum Gasteiger partial charge on any atom is -0.309 e. The van der Waals surface area contributed by atoms with Gasteiger partial charge >= 0.3 is 0 Å². The molecule has 1 atom stereocenters. The monoisotopic (exact) mass is 312 g/mol. The number of hydrogen-bond donors (Lipinski definition) is 1. The van der Waals surface area contributed by atoms with Crippen molar-refractivity contribution in [3.63, 3.8) is 0 Å². The van der Waals surface area contributed by atoms with Crippen molar-refractivity contribution in [2.24, 2.45) is 0 Å². The van der Waals surface area contributed by atoms with Crippen molar-refractivity contribution < 1.29 is 0 Å². The molecule has 0 amide bonds. The Hall–Kier alpha value is 0.170. The lowest BCUT2D eigenvalue weighted by Gasteiger charge is -2.22. The second-order valence-electron chi connectivity index (χ2n) is 3.40. The van der Waals surface area contributed by atoms with Crippen molar-refractivity contribution in [1.82, 2.24) is 10.3 Å². The summed E-state index contributed by atoms with van der Waals surface area (Å²) in [5.41, 5.74) is 1.17. The number of rotatable bonds is 1. The second-order valence-corrected chi connectivity index (χ2v) is 4.32. The van der Waals surface area contributed by atoms with E-state index in [2.05, 4.69) is 38.4 Å². The average Bonchev–Trinajstić information content (AvgIpc) is 2.20. The first-order valence-corrected chi connectivity index (χ1v) is 5.50. The summed E-state index contributed by atoms with van der Waals surface area (Å²) >= 11 is 3.39. The van der Waals surface area contributed by atoms with Gasteiger partial charge in [0.05, 0.1) is 5.69 Å². The van der Waals surface area contributed by atoms with Crippen LogP contribution < -0.4 is 5.32 Å². The van der Waals surface area contributed by atoms with Crippen molar-refractivity contribution in [1.29, 1.82) is 0 Å². The van der Waals surface area contributed by atoms with E-state index in [9.17, 15) is 0 Å². The Morgan fingerprint density at radius 1 is 1.27 bits per heavy atom. The summed E-state index contributed by atoms with van der Waals surface area (Å²) in [4.78, 5) is 4.39. The van der Waals surface area contributed by atoms with E-state index in [0.29, 0.717) is 6.04 Å².